The molecule has 0 bridgehead atoms. The molecular formula is C53H37N27. The number of hydrogen-bond donors (Lipinski definition) is 0. The lowest BCUT2D eigenvalue weighted by molar-refractivity contribution is 1.13. The first kappa shape index (κ1) is 52.6. The van der Waals surface area contributed by atoms with Crippen molar-refractivity contribution in [3.05, 3.63) is 229 Å². The van der Waals surface area contributed by atoms with Gasteiger partial charge < -0.3 is 0 Å². The minimum Gasteiger partial charge on any atom is -0.264 e. The molecule has 16 heterocycles. The van der Waals surface area contributed by atoms with Crippen LogP contribution < -0.4 is 0 Å². The fourth-order valence-electron chi connectivity index (χ4n) is 6.27. The second-order valence-electron chi connectivity index (χ2n) is 15.1. The summed E-state index contributed by atoms with van der Waals surface area (Å²) in [5.41, 5.74) is 9.24. The molecule has 0 spiro atoms. The van der Waals surface area contributed by atoms with Gasteiger partial charge >= 0.3 is 0 Å². The summed E-state index contributed by atoms with van der Waals surface area (Å²) in [5, 5.41) is 3.84. The zero-order chi connectivity index (χ0) is 54.5. The van der Waals surface area contributed by atoms with Crippen LogP contribution in [0, 0.1) is 0 Å². The van der Waals surface area contributed by atoms with Crippen molar-refractivity contribution in [2.45, 2.75) is 0 Å². The van der Waals surface area contributed by atoms with Gasteiger partial charge in [-0.25, -0.2) is 105 Å². The first-order chi connectivity index (χ1) is 39.7. The van der Waals surface area contributed by atoms with Crippen molar-refractivity contribution in [2.75, 3.05) is 0 Å². The Morgan fingerprint density at radius 1 is 0.163 bits per heavy atom. The highest BCUT2D eigenvalue weighted by Crippen LogP contribution is 2.08. The van der Waals surface area contributed by atoms with E-state index in [0.29, 0.717) is 22.6 Å². The van der Waals surface area contributed by atoms with Crippen molar-refractivity contribution < 1.29 is 0 Å². The van der Waals surface area contributed by atoms with E-state index in [-0.39, 0.29) is 0 Å². The summed E-state index contributed by atoms with van der Waals surface area (Å²) in [4.78, 5) is 106. The molecule has 27 nitrogen and oxygen atoms in total. The number of rotatable bonds is 0. The van der Waals surface area contributed by atoms with Crippen LogP contribution in [0.1, 0.15) is 0 Å². The Labute approximate surface area is 450 Å². The van der Waals surface area contributed by atoms with Crippen molar-refractivity contribution in [3.63, 3.8) is 0 Å². The van der Waals surface area contributed by atoms with Crippen molar-refractivity contribution in [2.24, 2.45) is 0 Å². The molecule has 16 aromatic rings. The number of aromatic nitrogens is 27. The minimum absolute atomic E-state index is 0.588. The molecule has 0 aliphatic carbocycles. The maximum absolute atomic E-state index is 4.08. The van der Waals surface area contributed by atoms with Crippen LogP contribution >= 0.6 is 0 Å². The van der Waals surface area contributed by atoms with E-state index in [1.165, 1.54) is 44.3 Å². The van der Waals surface area contributed by atoms with Gasteiger partial charge in [-0.2, -0.15) is 0 Å². The minimum atomic E-state index is 0.588. The normalized spacial score (nSPS) is 10.0. The maximum atomic E-state index is 4.08. The number of hydrogen-bond acceptors (Lipinski definition) is 27. The maximum Gasteiger partial charge on any atom is 0.197 e. The second-order valence-corrected chi connectivity index (χ2v) is 15.1. The Kier molecular flexibility index (Phi) is 19.0. The lowest BCUT2D eigenvalue weighted by atomic mass is 10.3. The molecule has 0 amide bonds. The van der Waals surface area contributed by atoms with Gasteiger partial charge in [-0.3, -0.25) is 29.9 Å². The molecule has 0 N–H and O–H groups in total. The predicted molar refractivity (Wildman–Crippen MR) is 292 cm³/mol. The Morgan fingerprint density at radius 2 is 0.525 bits per heavy atom. The van der Waals surface area contributed by atoms with Crippen LogP contribution in [-0.4, -0.2) is 135 Å². The van der Waals surface area contributed by atoms with Gasteiger partial charge in [0.2, 0.25) is 0 Å². The molecule has 0 aliphatic rings. The van der Waals surface area contributed by atoms with E-state index in [9.17, 15) is 0 Å². The number of pyridine rings is 5. The average molecular weight is 1050 g/mol. The topological polar surface area (TPSA) is 348 Å². The van der Waals surface area contributed by atoms with Gasteiger partial charge in [0.05, 0.1) is 46.7 Å². The molecule has 0 fully saturated rings. The molecular weight excluding hydrogens is 1010 g/mol. The van der Waals surface area contributed by atoms with Gasteiger partial charge in [-0.1, -0.05) is 0 Å². The van der Waals surface area contributed by atoms with E-state index in [1.807, 2.05) is 42.5 Å². The average Bonchev–Trinajstić information content (AvgIpc) is 3.56. The van der Waals surface area contributed by atoms with Crippen molar-refractivity contribution in [1.82, 2.24) is 135 Å². The van der Waals surface area contributed by atoms with Crippen LogP contribution in [-0.2, 0) is 0 Å². The lowest BCUT2D eigenvalue weighted by Crippen LogP contribution is -1.87. The SMILES string of the molecule is c1cc2cncnc2cn1.c1cc2nccnc2cn1.c1cc2ncncc2cn1.c1cnc2nccnc2c1.c1cnc2nccnc2n1.c1cnc2ncncc2c1.c1ncc2cncnc2n1.c1ncc2ncncc2n1. The van der Waals surface area contributed by atoms with Gasteiger partial charge in [0.15, 0.2) is 28.2 Å². The van der Waals surface area contributed by atoms with Gasteiger partial charge in [0.25, 0.3) is 0 Å². The van der Waals surface area contributed by atoms with E-state index in [1.54, 1.807) is 143 Å². The summed E-state index contributed by atoms with van der Waals surface area (Å²) in [6, 6.07) is 13.1. The zero-order valence-electron chi connectivity index (χ0n) is 41.4. The van der Waals surface area contributed by atoms with E-state index in [4.69, 9.17) is 0 Å². The van der Waals surface area contributed by atoms with E-state index >= 15 is 0 Å². The second kappa shape index (κ2) is 29.0. The Hall–Kier alpha value is -12.3. The lowest BCUT2D eigenvalue weighted by Gasteiger charge is -1.90. The van der Waals surface area contributed by atoms with Gasteiger partial charge in [0.1, 0.15) is 66.4 Å². The van der Waals surface area contributed by atoms with Gasteiger partial charge in [0, 0.05) is 134 Å². The summed E-state index contributed by atoms with van der Waals surface area (Å²) in [6.07, 6.45) is 49.1. The van der Waals surface area contributed by atoms with Crippen LogP contribution in [0.5, 0.6) is 0 Å². The highest BCUT2D eigenvalue weighted by atomic mass is 15.0. The van der Waals surface area contributed by atoms with Crippen molar-refractivity contribution in [3.8, 4) is 0 Å². The molecule has 80 heavy (non-hydrogen) atoms. The van der Waals surface area contributed by atoms with E-state index in [0.717, 1.165) is 65.8 Å². The third-order valence-electron chi connectivity index (χ3n) is 9.89. The van der Waals surface area contributed by atoms with Crippen LogP contribution in [0.25, 0.3) is 88.4 Å². The summed E-state index contributed by atoms with van der Waals surface area (Å²) in [5.74, 6) is 0. The van der Waals surface area contributed by atoms with Crippen LogP contribution in [0.2, 0.25) is 0 Å². The molecule has 0 saturated heterocycles. The summed E-state index contributed by atoms with van der Waals surface area (Å²) in [6.45, 7) is 0. The fourth-order valence-corrected chi connectivity index (χ4v) is 6.27. The van der Waals surface area contributed by atoms with E-state index < -0.39 is 0 Å². The Balaban J connectivity index is 0.000000111. The standard InChI is InChI=1S/5C7H5N3.3C6H4N4/c1-2-8-3-6-4-9-5-10-7(1)6;1-2-8-4-7-6(1)3-9-5-10-7;1-2-8-5-7-6(1)9-3-4-10-7;1-2-6-4-8-5-10-7(6)9-3-1;1-2-6-7(9-3-1)10-5-4-8-6;1-5-6(10-3-7-1)2-8-4-9-5;1-5-2-8-4-10-6(5)9-3-7-1;1-2-8-6-5(7-1)9-3-4-10-6/h5*1-5H;3*1-4H. The highest BCUT2D eigenvalue weighted by Gasteiger charge is 1.96. The largest absolute Gasteiger partial charge is 0.264 e. The molecule has 16 aromatic heterocycles. The number of nitrogens with zero attached hydrogens (tertiary/aromatic N) is 27. The molecule has 384 valence electrons. The molecule has 0 saturated carbocycles. The summed E-state index contributed by atoms with van der Waals surface area (Å²) < 4.78 is 0. The third kappa shape index (κ3) is 15.9. The van der Waals surface area contributed by atoms with Crippen LogP contribution in [0.4, 0.5) is 0 Å². The molecule has 0 aliphatic heterocycles. The number of fused-ring (bicyclic) bond motifs is 8. The smallest absolute Gasteiger partial charge is 0.197 e. The van der Waals surface area contributed by atoms with E-state index in [2.05, 4.69) is 135 Å². The van der Waals surface area contributed by atoms with Gasteiger partial charge in [-0.05, 0) is 42.5 Å². The summed E-state index contributed by atoms with van der Waals surface area (Å²) in [7, 11) is 0. The van der Waals surface area contributed by atoms with Crippen molar-refractivity contribution in [1.29, 1.82) is 0 Å². The Bertz CT molecular complexity index is 3100. The Morgan fingerprint density at radius 3 is 1.09 bits per heavy atom. The van der Waals surface area contributed by atoms with Gasteiger partial charge in [-0.15, -0.1) is 0 Å². The molecule has 27 heteroatoms. The monoisotopic (exact) mass is 1050 g/mol. The van der Waals surface area contributed by atoms with Crippen LogP contribution in [0.3, 0.4) is 0 Å². The van der Waals surface area contributed by atoms with Crippen molar-refractivity contribution >= 4 is 88.4 Å². The quantitative estimate of drug-likeness (QED) is 0.159. The first-order valence-corrected chi connectivity index (χ1v) is 23.4. The summed E-state index contributed by atoms with van der Waals surface area (Å²) >= 11 is 0. The zero-order valence-corrected chi connectivity index (χ0v) is 41.4. The molecule has 16 rings (SSSR count). The molecule has 0 radical (unpaired) electrons. The van der Waals surface area contributed by atoms with Crippen LogP contribution in [0.15, 0.2) is 229 Å². The molecule has 0 aromatic carbocycles. The molecule has 0 atom stereocenters. The first-order valence-electron chi connectivity index (χ1n) is 23.4. The highest BCUT2D eigenvalue weighted by molar-refractivity contribution is 5.77. The fraction of sp³-hybridized carbons (Fsp3) is 0. The predicted octanol–water partition coefficient (Wildman–Crippen LogP) is 6.38. The molecule has 0 unspecified atom stereocenters. The third-order valence-corrected chi connectivity index (χ3v) is 9.89.